The zero-order chi connectivity index (χ0) is 20.6. The van der Waals surface area contributed by atoms with Crippen molar-refractivity contribution in [2.75, 3.05) is 5.32 Å². The van der Waals surface area contributed by atoms with E-state index >= 15 is 0 Å². The molecule has 0 fully saturated rings. The van der Waals surface area contributed by atoms with Crippen molar-refractivity contribution in [1.82, 2.24) is 14.5 Å². The number of imidazole rings is 1. The lowest BCUT2D eigenvalue weighted by Crippen LogP contribution is -2.07. The Hall–Kier alpha value is -4.25. The van der Waals surface area contributed by atoms with Crippen LogP contribution in [0.1, 0.15) is 16.8 Å². The predicted octanol–water partition coefficient (Wildman–Crippen LogP) is 5.09. The Morgan fingerprint density at radius 3 is 2.53 bits per heavy atom. The lowest BCUT2D eigenvalue weighted by atomic mass is 10.1. The summed E-state index contributed by atoms with van der Waals surface area (Å²) in [5.41, 5.74) is 4.57. The third kappa shape index (κ3) is 5.17. The molecule has 1 amide bonds. The van der Waals surface area contributed by atoms with Crippen LogP contribution in [-0.4, -0.2) is 20.4 Å². The highest BCUT2D eigenvalue weighted by atomic mass is 16.1. The predicted molar refractivity (Wildman–Crippen MR) is 121 cm³/mol. The highest BCUT2D eigenvalue weighted by Gasteiger charge is 2.00. The molecule has 2 aromatic carbocycles. The van der Waals surface area contributed by atoms with Crippen LogP contribution < -0.4 is 5.32 Å². The fourth-order valence-corrected chi connectivity index (χ4v) is 2.90. The first-order valence-electron chi connectivity index (χ1n) is 9.53. The zero-order valence-corrected chi connectivity index (χ0v) is 16.2. The van der Waals surface area contributed by atoms with Crippen molar-refractivity contribution in [3.63, 3.8) is 0 Å². The van der Waals surface area contributed by atoms with E-state index in [-0.39, 0.29) is 5.91 Å². The Morgan fingerprint density at radius 1 is 0.867 bits per heavy atom. The molecule has 4 rings (SSSR count). The lowest BCUT2D eigenvalue weighted by molar-refractivity contribution is -0.111. The lowest BCUT2D eigenvalue weighted by Gasteiger charge is -2.04. The van der Waals surface area contributed by atoms with Crippen molar-refractivity contribution < 1.29 is 4.79 Å². The van der Waals surface area contributed by atoms with Gasteiger partial charge < -0.3 is 9.88 Å². The SMILES string of the molecule is O=C(/C=C/c1ccc(-n2ccnc2)cc1)Nc1cccc(/C=C/c2ccccn2)c1. The molecule has 146 valence electrons. The van der Waals surface area contributed by atoms with Crippen LogP contribution >= 0.6 is 0 Å². The number of carbonyl (C=O) groups is 1. The van der Waals surface area contributed by atoms with Gasteiger partial charge in [0.1, 0.15) is 0 Å². The van der Waals surface area contributed by atoms with Crippen LogP contribution in [0.5, 0.6) is 0 Å². The highest BCUT2D eigenvalue weighted by molar-refractivity contribution is 6.02. The van der Waals surface area contributed by atoms with Gasteiger partial charge in [-0.3, -0.25) is 9.78 Å². The summed E-state index contributed by atoms with van der Waals surface area (Å²) in [6.07, 6.45) is 14.4. The number of aromatic nitrogens is 3. The van der Waals surface area contributed by atoms with Gasteiger partial charge in [-0.1, -0.05) is 36.4 Å². The summed E-state index contributed by atoms with van der Waals surface area (Å²) < 4.78 is 1.93. The second kappa shape index (κ2) is 9.30. The molecule has 0 atom stereocenters. The van der Waals surface area contributed by atoms with Crippen LogP contribution in [0.25, 0.3) is 23.9 Å². The third-order valence-corrected chi connectivity index (χ3v) is 4.41. The fourth-order valence-electron chi connectivity index (χ4n) is 2.90. The maximum Gasteiger partial charge on any atom is 0.248 e. The number of hydrogen-bond donors (Lipinski definition) is 1. The monoisotopic (exact) mass is 392 g/mol. The fraction of sp³-hybridized carbons (Fsp3) is 0. The summed E-state index contributed by atoms with van der Waals surface area (Å²) >= 11 is 0. The van der Waals surface area contributed by atoms with Crippen LogP contribution in [0.2, 0.25) is 0 Å². The number of rotatable bonds is 6. The largest absolute Gasteiger partial charge is 0.322 e. The molecule has 1 N–H and O–H groups in total. The molecule has 0 aliphatic rings. The average Bonchev–Trinajstić information content (AvgIpc) is 3.33. The average molecular weight is 392 g/mol. The summed E-state index contributed by atoms with van der Waals surface area (Å²) in [5.74, 6) is -0.181. The summed E-state index contributed by atoms with van der Waals surface area (Å²) in [6, 6.07) is 21.3. The molecule has 0 aliphatic carbocycles. The van der Waals surface area contributed by atoms with E-state index in [0.29, 0.717) is 0 Å². The molecule has 0 spiro atoms. The van der Waals surface area contributed by atoms with E-state index in [9.17, 15) is 4.79 Å². The molecule has 2 heterocycles. The molecule has 2 aromatic heterocycles. The number of benzene rings is 2. The minimum atomic E-state index is -0.181. The first kappa shape index (κ1) is 19.1. The first-order valence-corrected chi connectivity index (χ1v) is 9.53. The maximum absolute atomic E-state index is 12.3. The number of carbonyl (C=O) groups excluding carboxylic acids is 1. The van der Waals surface area contributed by atoms with Crippen molar-refractivity contribution in [1.29, 1.82) is 0 Å². The Kier molecular flexibility index (Phi) is 5.91. The van der Waals surface area contributed by atoms with Crippen molar-refractivity contribution >= 4 is 29.8 Å². The van der Waals surface area contributed by atoms with Gasteiger partial charge in [0.25, 0.3) is 0 Å². The zero-order valence-electron chi connectivity index (χ0n) is 16.2. The van der Waals surface area contributed by atoms with Crippen molar-refractivity contribution in [3.8, 4) is 5.69 Å². The van der Waals surface area contributed by atoms with E-state index in [0.717, 1.165) is 28.2 Å². The van der Waals surface area contributed by atoms with Gasteiger partial charge in [0.2, 0.25) is 5.91 Å². The van der Waals surface area contributed by atoms with Crippen LogP contribution in [-0.2, 0) is 4.79 Å². The standard InChI is InChI=1S/C25H20N4O/c30-25(14-10-20-8-12-24(13-9-20)29-17-16-26-19-29)28-23-6-3-4-21(18-23)7-11-22-5-1-2-15-27-22/h1-19H,(H,28,30)/b11-7+,14-10+. The molecule has 4 aromatic rings. The summed E-state index contributed by atoms with van der Waals surface area (Å²) in [5, 5.41) is 2.90. The number of nitrogens with zero attached hydrogens (tertiary/aromatic N) is 3. The third-order valence-electron chi connectivity index (χ3n) is 4.41. The Bertz CT molecular complexity index is 1160. The number of pyridine rings is 1. The van der Waals surface area contributed by atoms with E-state index in [2.05, 4.69) is 15.3 Å². The minimum Gasteiger partial charge on any atom is -0.322 e. The Balaban J connectivity index is 1.37. The van der Waals surface area contributed by atoms with Gasteiger partial charge in [-0.25, -0.2) is 4.98 Å². The normalized spacial score (nSPS) is 11.2. The maximum atomic E-state index is 12.3. The second-order valence-corrected chi connectivity index (χ2v) is 6.60. The van der Waals surface area contributed by atoms with Gasteiger partial charge in [-0.05, 0) is 59.7 Å². The Morgan fingerprint density at radius 2 is 1.77 bits per heavy atom. The van der Waals surface area contributed by atoms with Crippen LogP contribution in [0.3, 0.4) is 0 Å². The molecule has 5 heteroatoms. The first-order chi connectivity index (χ1) is 14.8. The van der Waals surface area contributed by atoms with Crippen molar-refractivity contribution in [2.24, 2.45) is 0 Å². The molecule has 0 radical (unpaired) electrons. The highest BCUT2D eigenvalue weighted by Crippen LogP contribution is 2.14. The van der Waals surface area contributed by atoms with E-state index in [1.54, 1.807) is 24.8 Å². The van der Waals surface area contributed by atoms with Gasteiger partial charge in [0.05, 0.1) is 12.0 Å². The van der Waals surface area contributed by atoms with E-state index in [4.69, 9.17) is 0 Å². The van der Waals surface area contributed by atoms with Crippen molar-refractivity contribution in [2.45, 2.75) is 0 Å². The molecule has 30 heavy (non-hydrogen) atoms. The van der Waals surface area contributed by atoms with Gasteiger partial charge in [0, 0.05) is 36.0 Å². The smallest absolute Gasteiger partial charge is 0.248 e. The molecule has 0 bridgehead atoms. The summed E-state index contributed by atoms with van der Waals surface area (Å²) in [7, 11) is 0. The van der Waals surface area contributed by atoms with E-state index in [1.807, 2.05) is 89.6 Å². The quantitative estimate of drug-likeness (QED) is 0.465. The molecule has 0 aliphatic heterocycles. The molecular weight excluding hydrogens is 372 g/mol. The van der Waals surface area contributed by atoms with Gasteiger partial charge in [0.15, 0.2) is 0 Å². The number of nitrogens with one attached hydrogen (secondary N) is 1. The van der Waals surface area contributed by atoms with E-state index < -0.39 is 0 Å². The van der Waals surface area contributed by atoms with Crippen LogP contribution in [0.15, 0.2) is 97.7 Å². The van der Waals surface area contributed by atoms with Crippen LogP contribution in [0, 0.1) is 0 Å². The van der Waals surface area contributed by atoms with Crippen molar-refractivity contribution in [3.05, 3.63) is 115 Å². The van der Waals surface area contributed by atoms with Gasteiger partial charge >= 0.3 is 0 Å². The molecule has 0 saturated carbocycles. The van der Waals surface area contributed by atoms with Crippen LogP contribution in [0.4, 0.5) is 5.69 Å². The van der Waals surface area contributed by atoms with E-state index in [1.165, 1.54) is 6.08 Å². The number of hydrogen-bond acceptors (Lipinski definition) is 3. The van der Waals surface area contributed by atoms with Gasteiger partial charge in [-0.2, -0.15) is 0 Å². The second-order valence-electron chi connectivity index (χ2n) is 6.60. The number of anilines is 1. The molecule has 0 unspecified atom stereocenters. The number of amides is 1. The molecule has 0 saturated heterocycles. The van der Waals surface area contributed by atoms with Gasteiger partial charge in [-0.15, -0.1) is 0 Å². The summed E-state index contributed by atoms with van der Waals surface area (Å²) in [6.45, 7) is 0. The molecule has 5 nitrogen and oxygen atoms in total. The summed E-state index contributed by atoms with van der Waals surface area (Å²) in [4.78, 5) is 20.6. The topological polar surface area (TPSA) is 59.8 Å². The Labute approximate surface area is 175 Å². The minimum absolute atomic E-state index is 0.181. The molecular formula is C25H20N4O.